The molecule has 0 aromatic heterocycles. The van der Waals surface area contributed by atoms with E-state index in [1.165, 1.54) is 13.8 Å². The van der Waals surface area contributed by atoms with Gasteiger partial charge < -0.3 is 28.5 Å². The van der Waals surface area contributed by atoms with E-state index in [4.69, 9.17) is 4.74 Å². The molecule has 1 heterocycles. The van der Waals surface area contributed by atoms with Crippen LogP contribution < -0.4 is 9.47 Å². The molecule has 1 aliphatic rings. The maximum atomic E-state index is 13.6. The number of benzene rings is 1. The molecule has 0 saturated carbocycles. The molecule has 2 atom stereocenters. The van der Waals surface area contributed by atoms with E-state index >= 15 is 0 Å². The minimum absolute atomic E-state index is 0.0158. The van der Waals surface area contributed by atoms with Gasteiger partial charge in [-0.3, -0.25) is 0 Å². The molecule has 0 fully saturated rings. The van der Waals surface area contributed by atoms with Crippen LogP contribution in [0.2, 0.25) is 0 Å². The van der Waals surface area contributed by atoms with Gasteiger partial charge in [0.1, 0.15) is 18.1 Å². The Balaban J connectivity index is 2.21. The predicted molar refractivity (Wildman–Crippen MR) is 101 cm³/mol. The lowest BCUT2D eigenvalue weighted by atomic mass is 9.97. The van der Waals surface area contributed by atoms with Crippen molar-refractivity contribution in [2.45, 2.75) is 45.0 Å². The molecule has 0 amide bonds. The van der Waals surface area contributed by atoms with Crippen molar-refractivity contribution in [1.29, 1.82) is 0 Å². The minimum Gasteiger partial charge on any atom is -0.475 e. The summed E-state index contributed by atoms with van der Waals surface area (Å²) < 4.78 is 101. The van der Waals surface area contributed by atoms with Crippen molar-refractivity contribution in [2.24, 2.45) is 5.34 Å². The zero-order valence-electron chi connectivity index (χ0n) is 17.9. The van der Waals surface area contributed by atoms with Crippen LogP contribution in [0.4, 0.5) is 31.1 Å². The van der Waals surface area contributed by atoms with Crippen LogP contribution in [0, 0.1) is 4.91 Å². The Morgan fingerprint density at radius 2 is 1.80 bits per heavy atom. The zero-order chi connectivity index (χ0) is 26.4. The van der Waals surface area contributed by atoms with E-state index in [-0.39, 0.29) is 23.3 Å². The fourth-order valence-electron chi connectivity index (χ4n) is 2.77. The van der Waals surface area contributed by atoms with Crippen molar-refractivity contribution in [3.8, 4) is 11.5 Å². The van der Waals surface area contributed by atoms with Crippen molar-refractivity contribution in [1.82, 2.24) is 0 Å². The summed E-state index contributed by atoms with van der Waals surface area (Å²) in [4.78, 5) is 37.8. The highest BCUT2D eigenvalue weighted by molar-refractivity contribution is 5.96. The molecule has 0 spiro atoms. The Morgan fingerprint density at radius 1 is 1.11 bits per heavy atom. The van der Waals surface area contributed by atoms with Gasteiger partial charge in [0.15, 0.2) is 11.4 Å². The van der Waals surface area contributed by atoms with E-state index in [9.17, 15) is 40.8 Å². The third kappa shape index (κ3) is 7.92. The second-order valence-corrected chi connectivity index (χ2v) is 6.79. The van der Waals surface area contributed by atoms with Crippen LogP contribution in [0.3, 0.4) is 0 Å². The second kappa shape index (κ2) is 11.1. The van der Waals surface area contributed by atoms with Crippen molar-refractivity contribution in [3.05, 3.63) is 33.7 Å². The van der Waals surface area contributed by atoms with Crippen LogP contribution in [0.25, 0.3) is 6.08 Å². The zero-order valence-corrected chi connectivity index (χ0v) is 17.9. The quantitative estimate of drug-likeness (QED) is 0.152. The number of hydrogen-bond acceptors (Lipinski definition) is 10. The molecule has 0 N–H and O–H groups in total. The highest BCUT2D eigenvalue weighted by Crippen LogP contribution is 2.42. The Labute approximate surface area is 192 Å². The number of rotatable bonds is 9. The largest absolute Gasteiger partial charge is 0.573 e. The monoisotopic (exact) mass is 517 g/mol. The summed E-state index contributed by atoms with van der Waals surface area (Å²) in [5, 5.41) is 2.10. The lowest BCUT2D eigenvalue weighted by Crippen LogP contribution is -2.41. The smallest absolute Gasteiger partial charge is 0.475 e. The van der Waals surface area contributed by atoms with Gasteiger partial charge in [-0.15, -0.1) is 18.1 Å². The molecule has 1 aromatic carbocycles. The number of aryl methyl sites for hydroxylation is 1. The molecule has 1 aliphatic heterocycles. The molecule has 1 aromatic rings. The topological polar surface area (TPSA) is 119 Å². The minimum atomic E-state index is -5.11. The van der Waals surface area contributed by atoms with Crippen LogP contribution in [0.1, 0.15) is 25.0 Å². The number of esters is 1. The van der Waals surface area contributed by atoms with Gasteiger partial charge in [0.05, 0.1) is 5.57 Å². The molecule has 35 heavy (non-hydrogen) atoms. The van der Waals surface area contributed by atoms with Crippen molar-refractivity contribution >= 4 is 18.2 Å². The van der Waals surface area contributed by atoms with Crippen LogP contribution in [-0.2, 0) is 30.3 Å². The second-order valence-electron chi connectivity index (χ2n) is 6.79. The Morgan fingerprint density at radius 3 is 2.37 bits per heavy atom. The van der Waals surface area contributed by atoms with E-state index in [1.54, 1.807) is 0 Å². The third-order valence-corrected chi connectivity index (χ3v) is 4.17. The van der Waals surface area contributed by atoms with E-state index in [1.807, 2.05) is 0 Å². The summed E-state index contributed by atoms with van der Waals surface area (Å²) >= 11 is 0. The Hall–Kier alpha value is -3.72. The first kappa shape index (κ1) is 27.5. The standard InChI is InChI=1S/C19H17F6NO9/c1-3-10-4-12(34-19(23,24)25)5-11-6-13(15(18(20,21)22)33-14(10)11)16(27)31-8-32-17(28)30-7-9(2)35-26-29/h4-6,9,15H,3,7-8H2,1-2H3. The third-order valence-electron chi connectivity index (χ3n) is 4.17. The first-order chi connectivity index (χ1) is 16.2. The number of alkyl halides is 6. The van der Waals surface area contributed by atoms with Crippen LogP contribution in [0.15, 0.2) is 23.0 Å². The van der Waals surface area contributed by atoms with Gasteiger partial charge in [0.2, 0.25) is 12.9 Å². The fourth-order valence-corrected chi connectivity index (χ4v) is 2.77. The molecule has 0 radical (unpaired) electrons. The molecule has 16 heteroatoms. The van der Waals surface area contributed by atoms with Crippen LogP contribution in [0.5, 0.6) is 11.5 Å². The van der Waals surface area contributed by atoms with Gasteiger partial charge >= 0.3 is 24.7 Å². The predicted octanol–water partition coefficient (Wildman–Crippen LogP) is 4.59. The lowest BCUT2D eigenvalue weighted by molar-refractivity contribution is -0.274. The van der Waals surface area contributed by atoms with Crippen molar-refractivity contribution < 1.29 is 64.5 Å². The highest BCUT2D eigenvalue weighted by atomic mass is 19.4. The Bertz CT molecular complexity index is 977. The normalized spacial score (nSPS) is 16.1. The average Bonchev–Trinajstić information content (AvgIpc) is 2.74. The molecule has 0 bridgehead atoms. The molecule has 2 rings (SSSR count). The molecule has 0 saturated heterocycles. The van der Waals surface area contributed by atoms with Gasteiger partial charge in [0, 0.05) is 5.56 Å². The molecule has 2 unspecified atom stereocenters. The van der Waals surface area contributed by atoms with Crippen molar-refractivity contribution in [3.63, 3.8) is 0 Å². The van der Waals surface area contributed by atoms with Gasteiger partial charge in [-0.05, 0) is 37.1 Å². The number of carbonyl (C=O) groups excluding carboxylic acids is 2. The molecule has 194 valence electrons. The number of carbonyl (C=O) groups is 2. The SMILES string of the molecule is CCc1cc(OC(F)(F)F)cc2c1OC(C(F)(F)F)C(C(=O)OCOC(=O)OCC(C)ON=O)=C2. The van der Waals surface area contributed by atoms with E-state index in [2.05, 4.69) is 29.1 Å². The highest BCUT2D eigenvalue weighted by Gasteiger charge is 2.49. The van der Waals surface area contributed by atoms with E-state index in [0.29, 0.717) is 6.08 Å². The summed E-state index contributed by atoms with van der Waals surface area (Å²) in [6.45, 7) is 1.12. The van der Waals surface area contributed by atoms with Gasteiger partial charge in [0.25, 0.3) is 0 Å². The number of hydrogen-bond donors (Lipinski definition) is 0. The summed E-state index contributed by atoms with van der Waals surface area (Å²) in [6, 6.07) is 1.61. The summed E-state index contributed by atoms with van der Waals surface area (Å²) in [5.41, 5.74) is -1.45. The number of nitrogens with zero attached hydrogens (tertiary/aromatic N) is 1. The summed E-state index contributed by atoms with van der Waals surface area (Å²) in [7, 11) is 0. The van der Waals surface area contributed by atoms with E-state index < -0.39 is 61.6 Å². The van der Waals surface area contributed by atoms with E-state index in [0.717, 1.165) is 12.1 Å². The first-order valence-corrected chi connectivity index (χ1v) is 9.58. The van der Waals surface area contributed by atoms with Gasteiger partial charge in [-0.25, -0.2) is 9.59 Å². The first-order valence-electron chi connectivity index (χ1n) is 9.58. The van der Waals surface area contributed by atoms with Crippen molar-refractivity contribution in [2.75, 3.05) is 13.4 Å². The summed E-state index contributed by atoms with van der Waals surface area (Å²) in [5.74, 6) is -2.75. The number of halogens is 6. The van der Waals surface area contributed by atoms with Crippen LogP contribution >= 0.6 is 0 Å². The molecule has 10 nitrogen and oxygen atoms in total. The Kier molecular flexibility index (Phi) is 8.76. The molecule has 0 aliphatic carbocycles. The van der Waals surface area contributed by atoms with Gasteiger partial charge in [-0.1, -0.05) is 6.92 Å². The molecular formula is C19H17F6NO9. The van der Waals surface area contributed by atoms with Gasteiger partial charge in [-0.2, -0.15) is 13.2 Å². The molecular weight excluding hydrogens is 500 g/mol. The number of fused-ring (bicyclic) bond motifs is 1. The lowest BCUT2D eigenvalue weighted by Gasteiger charge is -2.29. The summed E-state index contributed by atoms with van der Waals surface area (Å²) in [6.07, 6.45) is -14.7. The maximum absolute atomic E-state index is 13.6. The average molecular weight is 517 g/mol. The fraction of sp³-hybridized carbons (Fsp3) is 0.474. The van der Waals surface area contributed by atoms with Crippen LogP contribution in [-0.4, -0.2) is 50.3 Å². The maximum Gasteiger partial charge on any atom is 0.573 e. The number of ether oxygens (including phenoxy) is 5.